The van der Waals surface area contributed by atoms with Crippen LogP contribution in [0.15, 0.2) is 18.2 Å². The number of nitrogens with zero attached hydrogens (tertiary/aromatic N) is 2. The normalized spacial score (nSPS) is 18.1. The fraction of sp³-hybridized carbons (Fsp3) is 0.556. The summed E-state index contributed by atoms with van der Waals surface area (Å²) in [5.74, 6) is -0.293. The minimum Gasteiger partial charge on any atom is -0.458 e. The zero-order chi connectivity index (χ0) is 17.9. The third kappa shape index (κ3) is 3.54. The molecule has 1 aromatic rings. The van der Waals surface area contributed by atoms with Crippen LogP contribution in [0, 0.1) is 0 Å². The van der Waals surface area contributed by atoms with Crippen molar-refractivity contribution in [3.05, 3.63) is 23.8 Å². The van der Waals surface area contributed by atoms with Crippen LogP contribution in [0.3, 0.4) is 0 Å². The van der Waals surface area contributed by atoms with E-state index in [1.54, 1.807) is 4.90 Å². The molecule has 1 unspecified atom stereocenters. The number of hydrogen-bond acceptors (Lipinski definition) is 5. The lowest BCUT2D eigenvalue weighted by Crippen LogP contribution is -2.47. The molecular formula is C18H25ClN2O4. The van der Waals surface area contributed by atoms with E-state index in [1.165, 1.54) is 0 Å². The number of hydrogen-bond donors (Lipinski definition) is 0. The molecule has 2 heterocycles. The summed E-state index contributed by atoms with van der Waals surface area (Å²) in [6.45, 7) is 11.3. The van der Waals surface area contributed by atoms with Crippen molar-refractivity contribution < 1.29 is 19.1 Å². The fourth-order valence-electron chi connectivity index (χ4n) is 3.00. The lowest BCUT2D eigenvalue weighted by molar-refractivity contribution is -0.157. The molecule has 0 fully saturated rings. The van der Waals surface area contributed by atoms with Gasteiger partial charge < -0.3 is 14.4 Å². The van der Waals surface area contributed by atoms with Gasteiger partial charge in [0.05, 0.1) is 11.4 Å². The van der Waals surface area contributed by atoms with E-state index in [1.807, 2.05) is 64.6 Å². The number of carbonyl (C=O) groups is 2. The fourth-order valence-corrected chi connectivity index (χ4v) is 3.00. The molecule has 25 heavy (non-hydrogen) atoms. The Morgan fingerprint density at radius 2 is 1.64 bits per heavy atom. The van der Waals surface area contributed by atoms with Crippen LogP contribution in [0.1, 0.15) is 53.1 Å². The van der Waals surface area contributed by atoms with Crippen LogP contribution in [-0.4, -0.2) is 29.9 Å². The second-order valence-electron chi connectivity index (χ2n) is 8.17. The Morgan fingerprint density at radius 3 is 2.20 bits per heavy atom. The zero-order valence-corrected chi connectivity index (χ0v) is 16.3. The summed E-state index contributed by atoms with van der Waals surface area (Å²) < 4.78 is 11.0. The van der Waals surface area contributed by atoms with Gasteiger partial charge in [0.25, 0.3) is 0 Å². The average Bonchev–Trinajstić information content (AvgIpc) is 2.71. The Labute approximate surface area is 154 Å². The molecule has 2 aliphatic rings. The predicted molar refractivity (Wildman–Crippen MR) is 98.3 cm³/mol. The molecule has 1 atom stereocenters. The van der Waals surface area contributed by atoms with Crippen LogP contribution in [0.4, 0.5) is 16.2 Å². The van der Waals surface area contributed by atoms with Gasteiger partial charge in [0.2, 0.25) is 0 Å². The second kappa shape index (κ2) is 6.09. The molecule has 0 aliphatic carbocycles. The molecule has 0 radical (unpaired) electrons. The van der Waals surface area contributed by atoms with Gasteiger partial charge in [0, 0.05) is 5.56 Å². The summed E-state index contributed by atoms with van der Waals surface area (Å²) in [5.41, 5.74) is 1.48. The molecule has 3 rings (SSSR count). The van der Waals surface area contributed by atoms with Gasteiger partial charge in [-0.1, -0.05) is 12.1 Å². The minimum absolute atomic E-state index is 0. The highest BCUT2D eigenvalue weighted by molar-refractivity contribution is 6.04. The van der Waals surface area contributed by atoms with Gasteiger partial charge in [-0.05, 0) is 47.6 Å². The number of rotatable bonds is 1. The number of carbonyl (C=O) groups excluding carboxylic acids is 2. The minimum atomic E-state index is -0.569. The van der Waals surface area contributed by atoms with Crippen molar-refractivity contribution >= 4 is 35.8 Å². The third-order valence-electron chi connectivity index (χ3n) is 3.77. The van der Waals surface area contributed by atoms with E-state index in [0.29, 0.717) is 6.67 Å². The van der Waals surface area contributed by atoms with Gasteiger partial charge in [-0.15, -0.1) is 12.4 Å². The SMILES string of the molecule is CC(C)(C)OC(=O)C1c2cccc3c2N1CN3C(=O)OC(C)(C)C.Cl. The molecule has 138 valence electrons. The summed E-state index contributed by atoms with van der Waals surface area (Å²) in [4.78, 5) is 28.4. The van der Waals surface area contributed by atoms with Gasteiger partial charge in [0.1, 0.15) is 17.9 Å². The number of anilines is 2. The molecule has 0 N–H and O–H groups in total. The van der Waals surface area contributed by atoms with E-state index in [-0.39, 0.29) is 18.4 Å². The Hall–Kier alpha value is -1.95. The van der Waals surface area contributed by atoms with E-state index in [4.69, 9.17) is 9.47 Å². The van der Waals surface area contributed by atoms with E-state index in [0.717, 1.165) is 16.9 Å². The van der Waals surface area contributed by atoms with Crippen molar-refractivity contribution in [3.8, 4) is 0 Å². The number of ether oxygens (including phenoxy) is 2. The first-order valence-electron chi connectivity index (χ1n) is 8.11. The highest BCUT2D eigenvalue weighted by atomic mass is 35.5. The molecule has 0 spiro atoms. The molecular weight excluding hydrogens is 344 g/mol. The van der Waals surface area contributed by atoms with Crippen molar-refractivity contribution in [1.82, 2.24) is 0 Å². The molecule has 6 nitrogen and oxygen atoms in total. The maximum atomic E-state index is 12.5. The van der Waals surface area contributed by atoms with Crippen LogP contribution in [0.2, 0.25) is 0 Å². The second-order valence-corrected chi connectivity index (χ2v) is 8.17. The lowest BCUT2D eigenvalue weighted by atomic mass is 9.93. The van der Waals surface area contributed by atoms with Crippen molar-refractivity contribution in [2.24, 2.45) is 0 Å². The number of amides is 1. The van der Waals surface area contributed by atoms with Crippen molar-refractivity contribution in [2.45, 2.75) is 58.8 Å². The standard InChI is InChI=1S/C18H24N2O4.ClH/c1-17(2,3)23-15(21)14-11-8-7-9-12-13(11)20(14)10-19(12)16(22)24-18(4,5)6;/h7-9,14H,10H2,1-6H3;1H. The maximum absolute atomic E-state index is 12.5. The molecule has 1 amide bonds. The van der Waals surface area contributed by atoms with Crippen LogP contribution in [0.25, 0.3) is 0 Å². The largest absolute Gasteiger partial charge is 0.458 e. The summed E-state index contributed by atoms with van der Waals surface area (Å²) >= 11 is 0. The third-order valence-corrected chi connectivity index (χ3v) is 3.77. The van der Waals surface area contributed by atoms with Crippen molar-refractivity contribution in [2.75, 3.05) is 16.5 Å². The van der Waals surface area contributed by atoms with Crippen LogP contribution < -0.4 is 9.80 Å². The zero-order valence-electron chi connectivity index (χ0n) is 15.5. The Balaban J connectivity index is 0.00000225. The lowest BCUT2D eigenvalue weighted by Gasteiger charge is -2.39. The van der Waals surface area contributed by atoms with Gasteiger partial charge in [-0.3, -0.25) is 4.90 Å². The van der Waals surface area contributed by atoms with E-state index < -0.39 is 23.3 Å². The molecule has 0 aromatic heterocycles. The smallest absolute Gasteiger partial charge is 0.416 e. The number of benzene rings is 1. The van der Waals surface area contributed by atoms with Crippen LogP contribution >= 0.6 is 12.4 Å². The topological polar surface area (TPSA) is 59.1 Å². The van der Waals surface area contributed by atoms with Gasteiger partial charge in [0.15, 0.2) is 6.04 Å². The van der Waals surface area contributed by atoms with Crippen LogP contribution in [0.5, 0.6) is 0 Å². The molecule has 0 saturated carbocycles. The molecule has 7 heteroatoms. The first-order valence-corrected chi connectivity index (χ1v) is 8.11. The van der Waals surface area contributed by atoms with Crippen molar-refractivity contribution in [1.29, 1.82) is 0 Å². The van der Waals surface area contributed by atoms with E-state index in [2.05, 4.69) is 0 Å². The van der Waals surface area contributed by atoms with Gasteiger partial charge >= 0.3 is 12.1 Å². The van der Waals surface area contributed by atoms with Gasteiger partial charge in [-0.25, -0.2) is 9.59 Å². The molecule has 0 saturated heterocycles. The van der Waals surface area contributed by atoms with E-state index in [9.17, 15) is 9.59 Å². The summed E-state index contributed by atoms with van der Waals surface area (Å²) in [7, 11) is 0. The molecule has 0 bridgehead atoms. The highest BCUT2D eigenvalue weighted by Crippen LogP contribution is 2.54. The first-order chi connectivity index (χ1) is 11.0. The highest BCUT2D eigenvalue weighted by Gasteiger charge is 2.50. The Kier molecular flexibility index (Phi) is 4.72. The van der Waals surface area contributed by atoms with E-state index >= 15 is 0 Å². The van der Waals surface area contributed by atoms with Gasteiger partial charge in [-0.2, -0.15) is 0 Å². The number of esters is 1. The summed E-state index contributed by atoms with van der Waals surface area (Å²) in [6, 6.07) is 5.16. The number of halogens is 1. The molecule has 2 aliphatic heterocycles. The maximum Gasteiger partial charge on any atom is 0.416 e. The number of para-hydroxylation sites is 1. The molecule has 1 aromatic carbocycles. The average molecular weight is 369 g/mol. The Morgan fingerprint density at radius 1 is 1.04 bits per heavy atom. The Bertz CT molecular complexity index is 680. The monoisotopic (exact) mass is 368 g/mol. The van der Waals surface area contributed by atoms with Crippen LogP contribution in [-0.2, 0) is 14.3 Å². The first kappa shape index (κ1) is 19.4. The quantitative estimate of drug-likeness (QED) is 0.700. The predicted octanol–water partition coefficient (Wildman–Crippen LogP) is 4.02. The van der Waals surface area contributed by atoms with Crippen molar-refractivity contribution in [3.63, 3.8) is 0 Å². The summed E-state index contributed by atoms with van der Waals surface area (Å²) in [5, 5.41) is 0. The summed E-state index contributed by atoms with van der Waals surface area (Å²) in [6.07, 6.45) is -0.409.